The van der Waals surface area contributed by atoms with Crippen LogP contribution in [0.3, 0.4) is 0 Å². The van der Waals surface area contributed by atoms with Crippen LogP contribution >= 0.6 is 0 Å². The summed E-state index contributed by atoms with van der Waals surface area (Å²) in [6.45, 7) is 4.08. The van der Waals surface area contributed by atoms with Crippen molar-refractivity contribution in [1.29, 1.82) is 0 Å². The molecule has 0 saturated carbocycles. The smallest absolute Gasteiger partial charge is 0.226 e. The van der Waals surface area contributed by atoms with Crippen LogP contribution in [-0.2, 0) is 16.0 Å². The molecule has 1 unspecified atom stereocenters. The highest BCUT2D eigenvalue weighted by Crippen LogP contribution is 2.40. The maximum atomic E-state index is 12.4. The predicted octanol–water partition coefficient (Wildman–Crippen LogP) is 1.94. The van der Waals surface area contributed by atoms with E-state index < -0.39 is 5.60 Å². The zero-order valence-corrected chi connectivity index (χ0v) is 13.8. The molecule has 2 saturated heterocycles. The Bertz CT molecular complexity index is 540. The molecule has 0 radical (unpaired) electrons. The highest BCUT2D eigenvalue weighted by atomic mass is 16.5. The molecule has 3 rings (SSSR count). The molecule has 23 heavy (non-hydrogen) atoms. The minimum atomic E-state index is -0.596. The van der Waals surface area contributed by atoms with Crippen molar-refractivity contribution in [2.75, 3.05) is 19.7 Å². The molecule has 2 aliphatic rings. The fourth-order valence-electron chi connectivity index (χ4n) is 3.77. The van der Waals surface area contributed by atoms with Crippen molar-refractivity contribution in [3.63, 3.8) is 0 Å². The van der Waals surface area contributed by atoms with Crippen molar-refractivity contribution in [1.82, 2.24) is 9.88 Å². The van der Waals surface area contributed by atoms with E-state index in [4.69, 9.17) is 4.74 Å². The summed E-state index contributed by atoms with van der Waals surface area (Å²) in [5, 5.41) is 10.6. The van der Waals surface area contributed by atoms with Crippen LogP contribution in [0, 0.1) is 0 Å². The van der Waals surface area contributed by atoms with Crippen LogP contribution in [0.5, 0.6) is 0 Å². The van der Waals surface area contributed by atoms with E-state index in [2.05, 4.69) is 4.98 Å². The summed E-state index contributed by atoms with van der Waals surface area (Å²) >= 11 is 0. The molecule has 0 aromatic carbocycles. The lowest BCUT2D eigenvalue weighted by atomic mass is 9.76. The molecule has 2 fully saturated rings. The first-order chi connectivity index (χ1) is 11.0. The molecule has 5 nitrogen and oxygen atoms in total. The van der Waals surface area contributed by atoms with Gasteiger partial charge in [0.2, 0.25) is 5.91 Å². The normalized spacial score (nSPS) is 27.1. The largest absolute Gasteiger partial charge is 0.390 e. The molecular weight excluding hydrogens is 292 g/mol. The van der Waals surface area contributed by atoms with Gasteiger partial charge in [-0.05, 0) is 43.4 Å². The lowest BCUT2D eigenvalue weighted by Gasteiger charge is -2.49. The van der Waals surface area contributed by atoms with Crippen LogP contribution in [0.1, 0.15) is 44.6 Å². The molecule has 1 atom stereocenters. The lowest BCUT2D eigenvalue weighted by molar-refractivity contribution is -0.181. The van der Waals surface area contributed by atoms with Gasteiger partial charge in [0, 0.05) is 31.9 Å². The molecule has 1 aromatic rings. The standard InChI is InChI=1S/C18H26N2O3/c1-2-17(22)7-12-23-18(14-17)5-10-20(11-6-18)16(21)13-15-3-8-19-9-4-15/h3-4,8-9,22H,2,5-7,10-14H2,1H3. The van der Waals surface area contributed by atoms with E-state index >= 15 is 0 Å². The van der Waals surface area contributed by atoms with Crippen molar-refractivity contribution >= 4 is 5.91 Å². The second-order valence-electron chi connectivity index (χ2n) is 6.95. The summed E-state index contributed by atoms with van der Waals surface area (Å²) in [6.07, 6.45) is 7.68. The Morgan fingerprint density at radius 1 is 1.30 bits per heavy atom. The first kappa shape index (κ1) is 16.4. The Balaban J connectivity index is 1.57. The van der Waals surface area contributed by atoms with Gasteiger partial charge >= 0.3 is 0 Å². The zero-order chi connectivity index (χ0) is 16.3. The first-order valence-electron chi connectivity index (χ1n) is 8.57. The summed E-state index contributed by atoms with van der Waals surface area (Å²) in [4.78, 5) is 18.3. The minimum absolute atomic E-state index is 0.160. The van der Waals surface area contributed by atoms with Gasteiger partial charge in [0.05, 0.1) is 24.2 Å². The van der Waals surface area contributed by atoms with Crippen LogP contribution in [0.2, 0.25) is 0 Å². The van der Waals surface area contributed by atoms with Crippen LogP contribution in [0.4, 0.5) is 0 Å². The number of amides is 1. The fourth-order valence-corrected chi connectivity index (χ4v) is 3.77. The highest BCUT2D eigenvalue weighted by molar-refractivity contribution is 5.78. The SMILES string of the molecule is CCC1(O)CCOC2(CCN(C(=O)Cc3ccncc3)CC2)C1. The quantitative estimate of drug-likeness (QED) is 0.925. The summed E-state index contributed by atoms with van der Waals surface area (Å²) in [6, 6.07) is 3.77. The van der Waals surface area contributed by atoms with Crippen LogP contribution in [-0.4, -0.2) is 51.8 Å². The van der Waals surface area contributed by atoms with E-state index in [1.807, 2.05) is 24.0 Å². The molecule has 1 amide bonds. The maximum absolute atomic E-state index is 12.4. The fraction of sp³-hybridized carbons (Fsp3) is 0.667. The predicted molar refractivity (Wildman–Crippen MR) is 86.9 cm³/mol. The number of rotatable bonds is 3. The third kappa shape index (κ3) is 3.72. The number of pyridine rings is 1. The molecule has 126 valence electrons. The van der Waals surface area contributed by atoms with Gasteiger partial charge < -0.3 is 14.7 Å². The van der Waals surface area contributed by atoms with Crippen molar-refractivity contribution in [2.24, 2.45) is 0 Å². The monoisotopic (exact) mass is 318 g/mol. The van der Waals surface area contributed by atoms with E-state index in [-0.39, 0.29) is 11.5 Å². The molecular formula is C18H26N2O3. The van der Waals surface area contributed by atoms with Crippen molar-refractivity contribution in [3.05, 3.63) is 30.1 Å². The lowest BCUT2D eigenvalue weighted by Crippen LogP contribution is -2.55. The van der Waals surface area contributed by atoms with Gasteiger partial charge in [0.15, 0.2) is 0 Å². The van der Waals surface area contributed by atoms with Gasteiger partial charge in [-0.3, -0.25) is 9.78 Å². The summed E-state index contributed by atoms with van der Waals surface area (Å²) < 4.78 is 6.04. The third-order valence-corrected chi connectivity index (χ3v) is 5.42. The Morgan fingerprint density at radius 3 is 2.65 bits per heavy atom. The Hall–Kier alpha value is -1.46. The van der Waals surface area contributed by atoms with Gasteiger partial charge in [-0.2, -0.15) is 0 Å². The Kier molecular flexibility index (Phi) is 4.69. The average molecular weight is 318 g/mol. The zero-order valence-electron chi connectivity index (χ0n) is 13.8. The molecule has 3 heterocycles. The third-order valence-electron chi connectivity index (χ3n) is 5.42. The van der Waals surface area contributed by atoms with Gasteiger partial charge in [0.25, 0.3) is 0 Å². The van der Waals surface area contributed by atoms with Crippen molar-refractivity contribution in [2.45, 2.75) is 56.7 Å². The molecule has 1 spiro atoms. The first-order valence-corrected chi connectivity index (χ1v) is 8.57. The van der Waals surface area contributed by atoms with Gasteiger partial charge in [-0.25, -0.2) is 0 Å². The molecule has 2 aliphatic heterocycles. The van der Waals surface area contributed by atoms with Gasteiger partial charge in [-0.1, -0.05) is 6.92 Å². The topological polar surface area (TPSA) is 62.7 Å². The second-order valence-corrected chi connectivity index (χ2v) is 6.95. The molecule has 0 bridgehead atoms. The van der Waals surface area contributed by atoms with E-state index in [0.29, 0.717) is 32.5 Å². The minimum Gasteiger partial charge on any atom is -0.390 e. The molecule has 0 aliphatic carbocycles. The van der Waals surface area contributed by atoms with Gasteiger partial charge in [0.1, 0.15) is 0 Å². The number of likely N-dealkylation sites (tertiary alicyclic amines) is 1. The number of carbonyl (C=O) groups excluding carboxylic acids is 1. The highest BCUT2D eigenvalue weighted by Gasteiger charge is 2.46. The van der Waals surface area contributed by atoms with Crippen LogP contribution < -0.4 is 0 Å². The van der Waals surface area contributed by atoms with E-state index in [1.54, 1.807) is 12.4 Å². The Labute approximate surface area is 137 Å². The van der Waals surface area contributed by atoms with E-state index in [1.165, 1.54) is 0 Å². The van der Waals surface area contributed by atoms with Crippen LogP contribution in [0.15, 0.2) is 24.5 Å². The van der Waals surface area contributed by atoms with Crippen molar-refractivity contribution < 1.29 is 14.6 Å². The van der Waals surface area contributed by atoms with Crippen molar-refractivity contribution in [3.8, 4) is 0 Å². The number of nitrogens with zero attached hydrogens (tertiary/aromatic N) is 2. The number of hydrogen-bond donors (Lipinski definition) is 1. The number of hydrogen-bond acceptors (Lipinski definition) is 4. The number of piperidine rings is 1. The average Bonchev–Trinajstić information content (AvgIpc) is 2.56. The van der Waals surface area contributed by atoms with Crippen LogP contribution in [0.25, 0.3) is 0 Å². The summed E-state index contributed by atoms with van der Waals surface area (Å²) in [5.74, 6) is 0.160. The molecule has 5 heteroatoms. The van der Waals surface area contributed by atoms with Gasteiger partial charge in [-0.15, -0.1) is 0 Å². The molecule has 1 aromatic heterocycles. The summed E-state index contributed by atoms with van der Waals surface area (Å²) in [7, 11) is 0. The number of carbonyl (C=O) groups is 1. The summed E-state index contributed by atoms with van der Waals surface area (Å²) in [5.41, 5.74) is 0.164. The Morgan fingerprint density at radius 2 is 2.00 bits per heavy atom. The number of aromatic nitrogens is 1. The number of aliphatic hydroxyl groups is 1. The van der Waals surface area contributed by atoms with E-state index in [0.717, 1.165) is 31.2 Å². The van der Waals surface area contributed by atoms with E-state index in [9.17, 15) is 9.90 Å². The number of ether oxygens (including phenoxy) is 1. The molecule has 1 N–H and O–H groups in total. The second kappa shape index (κ2) is 6.57. The maximum Gasteiger partial charge on any atom is 0.226 e.